The van der Waals surface area contributed by atoms with E-state index < -0.39 is 12.2 Å². The zero-order chi connectivity index (χ0) is 26.9. The molecule has 3 atom stereocenters. The van der Waals surface area contributed by atoms with E-state index in [2.05, 4.69) is 20.8 Å². The topological polar surface area (TPSA) is 161 Å². The molecule has 1 aliphatic heterocycles. The van der Waals surface area contributed by atoms with E-state index in [1.165, 1.54) is 11.8 Å². The number of tetrazole rings is 1. The van der Waals surface area contributed by atoms with Crippen LogP contribution in [-0.4, -0.2) is 54.2 Å². The average molecular weight is 543 g/mol. The number of ether oxygens (including phenoxy) is 2. The van der Waals surface area contributed by atoms with Gasteiger partial charge in [-0.2, -0.15) is 0 Å². The van der Waals surface area contributed by atoms with Crippen LogP contribution in [0.4, 0.5) is 5.69 Å². The van der Waals surface area contributed by atoms with Crippen LogP contribution in [0.5, 0.6) is 0 Å². The van der Waals surface area contributed by atoms with E-state index in [1.807, 2.05) is 36.4 Å². The lowest BCUT2D eigenvalue weighted by molar-refractivity contribution is -0.245. The van der Waals surface area contributed by atoms with Crippen LogP contribution in [0.15, 0.2) is 53.7 Å². The number of rotatable bonds is 11. The molecule has 0 spiro atoms. The lowest BCUT2D eigenvalue weighted by atomic mass is 10.0. The predicted octanol–water partition coefficient (Wildman–Crippen LogP) is 2.65. The molecule has 4 N–H and O–H groups in total. The van der Waals surface area contributed by atoms with Gasteiger partial charge < -0.3 is 19.9 Å². The first-order valence-electron chi connectivity index (χ1n) is 12.1. The van der Waals surface area contributed by atoms with Gasteiger partial charge >= 0.3 is 0 Å². The Bertz CT molecular complexity index is 1210. The SMILES string of the molecule is Cn1nnnc1SCC1CC(c2ccc(CO)cc2)OC(c2ccc(NC(=O)CCCC(=O)NO)cc2)O1. The van der Waals surface area contributed by atoms with Crippen molar-refractivity contribution in [1.29, 1.82) is 0 Å². The summed E-state index contributed by atoms with van der Waals surface area (Å²) in [5.41, 5.74) is 4.78. The maximum atomic E-state index is 12.2. The van der Waals surface area contributed by atoms with Crippen molar-refractivity contribution in [1.82, 2.24) is 25.7 Å². The third kappa shape index (κ3) is 7.58. The predicted molar refractivity (Wildman–Crippen MR) is 137 cm³/mol. The van der Waals surface area contributed by atoms with Crippen molar-refractivity contribution in [2.75, 3.05) is 11.1 Å². The van der Waals surface area contributed by atoms with Crippen LogP contribution in [0.25, 0.3) is 0 Å². The number of aromatic nitrogens is 4. The van der Waals surface area contributed by atoms with Crippen molar-refractivity contribution in [3.05, 3.63) is 65.2 Å². The summed E-state index contributed by atoms with van der Waals surface area (Å²) in [4.78, 5) is 23.2. The van der Waals surface area contributed by atoms with Gasteiger partial charge in [0.05, 0.1) is 18.8 Å². The Labute approximate surface area is 223 Å². The Morgan fingerprint density at radius 3 is 2.42 bits per heavy atom. The molecule has 1 saturated heterocycles. The third-order valence-corrected chi connectivity index (χ3v) is 7.14. The molecule has 0 bridgehead atoms. The highest BCUT2D eigenvalue weighted by atomic mass is 32.2. The summed E-state index contributed by atoms with van der Waals surface area (Å²) >= 11 is 1.51. The minimum atomic E-state index is -0.628. The first-order valence-corrected chi connectivity index (χ1v) is 13.1. The standard InChI is InChI=1S/C25H30N6O6S/c1-31-25(27-29-30-31)38-15-20-13-21(17-7-5-16(14-32)6-8-17)37-24(36-20)18-9-11-19(12-10-18)26-22(33)3-2-4-23(34)28-35/h5-12,20-21,24,32,35H,2-4,13-15H2,1H3,(H,26,33)(H,28,34). The van der Waals surface area contributed by atoms with Gasteiger partial charge in [-0.25, -0.2) is 10.2 Å². The Hall–Kier alpha value is -3.36. The monoisotopic (exact) mass is 542 g/mol. The second-order valence-corrected chi connectivity index (χ2v) is 9.79. The molecular formula is C25H30N6O6S. The number of aryl methyl sites for hydroxylation is 1. The maximum Gasteiger partial charge on any atom is 0.243 e. The van der Waals surface area contributed by atoms with E-state index in [-0.39, 0.29) is 37.6 Å². The highest BCUT2D eigenvalue weighted by Crippen LogP contribution is 2.39. The molecule has 38 heavy (non-hydrogen) atoms. The Morgan fingerprint density at radius 2 is 1.76 bits per heavy atom. The minimum Gasteiger partial charge on any atom is -0.392 e. The molecular weight excluding hydrogens is 512 g/mol. The number of benzene rings is 2. The molecule has 1 aromatic heterocycles. The summed E-state index contributed by atoms with van der Waals surface area (Å²) < 4.78 is 14.3. The summed E-state index contributed by atoms with van der Waals surface area (Å²) in [5, 5.41) is 33.0. The number of carbonyl (C=O) groups is 2. The molecule has 13 heteroatoms. The van der Waals surface area contributed by atoms with E-state index in [0.717, 1.165) is 16.7 Å². The molecule has 3 unspecified atom stereocenters. The van der Waals surface area contributed by atoms with E-state index in [1.54, 1.807) is 29.3 Å². The number of hydrogen-bond acceptors (Lipinski definition) is 10. The zero-order valence-corrected chi connectivity index (χ0v) is 21.6. The van der Waals surface area contributed by atoms with Gasteiger partial charge in [-0.3, -0.25) is 14.8 Å². The zero-order valence-electron chi connectivity index (χ0n) is 20.8. The third-order valence-electron chi connectivity index (χ3n) is 5.99. The van der Waals surface area contributed by atoms with Gasteiger partial charge in [0.2, 0.25) is 17.0 Å². The van der Waals surface area contributed by atoms with Gasteiger partial charge in [0, 0.05) is 43.3 Å². The van der Waals surface area contributed by atoms with Crippen LogP contribution < -0.4 is 10.8 Å². The molecule has 4 rings (SSSR count). The highest BCUT2D eigenvalue weighted by molar-refractivity contribution is 7.99. The highest BCUT2D eigenvalue weighted by Gasteiger charge is 2.32. The van der Waals surface area contributed by atoms with Crippen molar-refractivity contribution in [3.63, 3.8) is 0 Å². The van der Waals surface area contributed by atoms with Gasteiger partial charge in [-0.05, 0) is 40.1 Å². The molecule has 0 aliphatic carbocycles. The fraction of sp³-hybridized carbons (Fsp3) is 0.400. The molecule has 2 heterocycles. The number of aliphatic hydroxyl groups excluding tert-OH is 1. The number of nitrogens with zero attached hydrogens (tertiary/aromatic N) is 4. The van der Waals surface area contributed by atoms with Gasteiger partial charge in [0.25, 0.3) is 0 Å². The molecule has 2 aromatic carbocycles. The van der Waals surface area contributed by atoms with Gasteiger partial charge in [0.1, 0.15) is 0 Å². The molecule has 1 aliphatic rings. The molecule has 0 saturated carbocycles. The van der Waals surface area contributed by atoms with Crippen molar-refractivity contribution in [3.8, 4) is 0 Å². The molecule has 1 fully saturated rings. The summed E-state index contributed by atoms with van der Waals surface area (Å²) in [6.45, 7) is -0.0244. The van der Waals surface area contributed by atoms with Crippen LogP contribution in [0.2, 0.25) is 0 Å². The fourth-order valence-corrected chi connectivity index (χ4v) is 4.81. The first kappa shape index (κ1) is 27.7. The Kier molecular flexibility index (Phi) is 9.79. The first-order chi connectivity index (χ1) is 18.4. The molecule has 0 radical (unpaired) electrons. The van der Waals surface area contributed by atoms with E-state index >= 15 is 0 Å². The lowest BCUT2D eigenvalue weighted by Crippen LogP contribution is -2.31. The number of thioether (sulfide) groups is 1. The molecule has 3 aromatic rings. The van der Waals surface area contributed by atoms with E-state index in [4.69, 9.17) is 14.7 Å². The van der Waals surface area contributed by atoms with Crippen molar-refractivity contribution in [2.45, 2.75) is 55.9 Å². The van der Waals surface area contributed by atoms with Crippen molar-refractivity contribution >= 4 is 29.3 Å². The minimum absolute atomic E-state index is 0.0244. The van der Waals surface area contributed by atoms with Crippen LogP contribution in [0, 0.1) is 0 Å². The largest absolute Gasteiger partial charge is 0.392 e. The number of anilines is 1. The van der Waals surface area contributed by atoms with Crippen LogP contribution >= 0.6 is 11.8 Å². The van der Waals surface area contributed by atoms with Crippen molar-refractivity contribution in [2.24, 2.45) is 7.05 Å². The normalized spacial score (nSPS) is 19.2. The quantitative estimate of drug-likeness (QED) is 0.161. The van der Waals surface area contributed by atoms with Gasteiger partial charge in [0.15, 0.2) is 6.29 Å². The number of aliphatic hydroxyl groups is 1. The van der Waals surface area contributed by atoms with E-state index in [0.29, 0.717) is 29.4 Å². The number of hydrogen-bond donors (Lipinski definition) is 4. The molecule has 12 nitrogen and oxygen atoms in total. The number of nitrogens with one attached hydrogen (secondary N) is 2. The fourth-order valence-electron chi connectivity index (χ4n) is 3.95. The van der Waals surface area contributed by atoms with Crippen molar-refractivity contribution < 1.29 is 29.4 Å². The summed E-state index contributed by atoms with van der Waals surface area (Å²) in [6, 6.07) is 14.9. The van der Waals surface area contributed by atoms with Crippen LogP contribution in [0.3, 0.4) is 0 Å². The van der Waals surface area contributed by atoms with Gasteiger partial charge in [-0.1, -0.05) is 48.2 Å². The van der Waals surface area contributed by atoms with Crippen LogP contribution in [-0.2, 0) is 32.7 Å². The lowest BCUT2D eigenvalue weighted by Gasteiger charge is -2.36. The number of carbonyl (C=O) groups excluding carboxylic acids is 2. The summed E-state index contributed by atoms with van der Waals surface area (Å²) in [5.74, 6) is -0.125. The Balaban J connectivity index is 1.42. The summed E-state index contributed by atoms with van der Waals surface area (Å²) in [6.07, 6.45) is 0.182. The van der Waals surface area contributed by atoms with E-state index in [9.17, 15) is 14.7 Å². The average Bonchev–Trinajstić information content (AvgIpc) is 3.36. The number of hydroxylamine groups is 1. The Morgan fingerprint density at radius 1 is 1.05 bits per heavy atom. The molecule has 202 valence electrons. The van der Waals surface area contributed by atoms with Gasteiger partial charge in [-0.15, -0.1) is 5.10 Å². The number of amides is 2. The smallest absolute Gasteiger partial charge is 0.243 e. The summed E-state index contributed by atoms with van der Waals surface area (Å²) in [7, 11) is 1.79. The maximum absolute atomic E-state index is 12.2. The molecule has 2 amide bonds. The van der Waals surface area contributed by atoms with Crippen LogP contribution in [0.1, 0.15) is 54.8 Å². The second-order valence-electron chi connectivity index (χ2n) is 8.80. The second kappa shape index (κ2) is 13.4.